The van der Waals surface area contributed by atoms with Gasteiger partial charge < -0.3 is 40.5 Å². The lowest BCUT2D eigenvalue weighted by Gasteiger charge is -2.39. The molecule has 0 unspecified atom stereocenters. The van der Waals surface area contributed by atoms with Crippen LogP contribution < -0.4 is 21.3 Å². The molecule has 6 rings (SSSR count). The molecule has 17 heteroatoms. The van der Waals surface area contributed by atoms with Crippen LogP contribution in [0.5, 0.6) is 0 Å². The van der Waals surface area contributed by atoms with E-state index in [0.717, 1.165) is 35.7 Å². The van der Waals surface area contributed by atoms with E-state index in [2.05, 4.69) is 37.4 Å². The summed E-state index contributed by atoms with van der Waals surface area (Å²) in [6.45, 7) is 17.7. The number of amides is 7. The third-order valence-corrected chi connectivity index (χ3v) is 15.1. The lowest BCUT2D eigenvalue weighted by atomic mass is 9.80. The smallest absolute Gasteiger partial charge is 0.246 e. The molecule has 1 aliphatic carbocycles. The number of para-hydroxylation sites is 1. The average molecular weight is 982 g/mol. The molecule has 1 saturated carbocycles. The van der Waals surface area contributed by atoms with Crippen molar-refractivity contribution in [1.29, 1.82) is 0 Å². The van der Waals surface area contributed by atoms with E-state index in [-0.39, 0.29) is 56.4 Å². The summed E-state index contributed by atoms with van der Waals surface area (Å²) in [4.78, 5) is 113. The maximum atomic E-state index is 15.3. The summed E-state index contributed by atoms with van der Waals surface area (Å²) in [6.07, 6.45) is 13.5. The zero-order valence-electron chi connectivity index (χ0n) is 42.5. The van der Waals surface area contributed by atoms with Crippen molar-refractivity contribution in [3.05, 3.63) is 77.4 Å². The topological polar surface area (TPSA) is 195 Å². The van der Waals surface area contributed by atoms with E-state index in [1.165, 1.54) is 47.1 Å². The number of carbonyl (C=O) groups is 7. The highest BCUT2D eigenvalue weighted by Gasteiger charge is 2.42. The highest BCUT2D eigenvalue weighted by atomic mass is 32.1. The van der Waals surface area contributed by atoms with Crippen LogP contribution in [0.1, 0.15) is 110 Å². The van der Waals surface area contributed by atoms with Crippen LogP contribution in [0.3, 0.4) is 0 Å². The molecule has 1 saturated heterocycles. The molecule has 70 heavy (non-hydrogen) atoms. The Morgan fingerprint density at radius 1 is 0.786 bits per heavy atom. The maximum absolute atomic E-state index is 15.3. The van der Waals surface area contributed by atoms with Gasteiger partial charge in [-0.15, -0.1) is 17.9 Å². The van der Waals surface area contributed by atoms with E-state index in [9.17, 15) is 24.0 Å². The van der Waals surface area contributed by atoms with Crippen LogP contribution in [0, 0.1) is 17.8 Å². The SMILES string of the molecule is C=CC(C)(C)n1cc(C[C@@H]2NC(=O)[C@H](CC3CCC3)NC(=O)[C@H](CC(C)C)N3CC/C=C\C[C@@H](C3=O)N(C)C(=O)[C@H](C)NC(=O)[C@H](Cc3cncs3)NC(=O)[C@H](CC(C)C)N(C)C2=O)c2ccccc21. The Kier molecular flexibility index (Phi) is 17.9. The molecule has 0 radical (unpaired) electrons. The second kappa shape index (κ2) is 23.4. The molecule has 3 aromatic rings. The Hall–Kier alpha value is -5.84. The molecule has 2 aliphatic heterocycles. The van der Waals surface area contributed by atoms with Gasteiger partial charge in [-0.25, -0.2) is 0 Å². The molecule has 3 aliphatic rings. The predicted molar refractivity (Wildman–Crippen MR) is 272 cm³/mol. The van der Waals surface area contributed by atoms with Gasteiger partial charge in [0.1, 0.15) is 42.3 Å². The van der Waals surface area contributed by atoms with Gasteiger partial charge >= 0.3 is 0 Å². The summed E-state index contributed by atoms with van der Waals surface area (Å²) in [5, 5.41) is 12.8. The number of fused-ring (bicyclic) bond motifs is 3. The van der Waals surface area contributed by atoms with Crippen molar-refractivity contribution in [2.45, 2.75) is 161 Å². The fourth-order valence-corrected chi connectivity index (χ4v) is 10.4. The molecule has 2 fully saturated rings. The number of rotatable bonds is 12. The average Bonchev–Trinajstić information content (AvgIpc) is 3.96. The monoisotopic (exact) mass is 982 g/mol. The van der Waals surface area contributed by atoms with Crippen molar-refractivity contribution in [2.75, 3.05) is 20.6 Å². The van der Waals surface area contributed by atoms with Gasteiger partial charge in [-0.3, -0.25) is 38.5 Å². The van der Waals surface area contributed by atoms with Crippen LogP contribution in [0.15, 0.2) is 67.0 Å². The van der Waals surface area contributed by atoms with E-state index in [1.807, 2.05) is 90.2 Å². The second-order valence-corrected chi connectivity index (χ2v) is 21.9. The lowest BCUT2D eigenvalue weighted by Crippen LogP contribution is -2.61. The summed E-state index contributed by atoms with van der Waals surface area (Å²) in [5.41, 5.74) is 2.79. The minimum atomic E-state index is -1.21. The third kappa shape index (κ3) is 12.7. The quantitative estimate of drug-likeness (QED) is 0.177. The number of carbonyl (C=O) groups excluding carboxylic acids is 7. The van der Waals surface area contributed by atoms with Gasteiger partial charge in [0.05, 0.1) is 11.0 Å². The zero-order valence-corrected chi connectivity index (χ0v) is 43.4. The van der Waals surface area contributed by atoms with Gasteiger partial charge in [-0.2, -0.15) is 0 Å². The Balaban J connectivity index is 1.49. The normalized spacial score (nSPS) is 26.0. The minimum absolute atomic E-state index is 0.0373. The van der Waals surface area contributed by atoms with Crippen LogP contribution in [0.2, 0.25) is 0 Å². The van der Waals surface area contributed by atoms with Gasteiger partial charge in [0, 0.05) is 61.7 Å². The summed E-state index contributed by atoms with van der Waals surface area (Å²) in [5.74, 6) is -3.77. The Morgan fingerprint density at radius 3 is 2.07 bits per heavy atom. The molecule has 380 valence electrons. The molecule has 7 atom stereocenters. The Bertz CT molecular complexity index is 2410. The van der Waals surface area contributed by atoms with Crippen molar-refractivity contribution in [3.63, 3.8) is 0 Å². The number of nitrogens with one attached hydrogen (secondary N) is 4. The van der Waals surface area contributed by atoms with Crippen LogP contribution in [-0.4, -0.2) is 129 Å². The van der Waals surface area contributed by atoms with Gasteiger partial charge in [-0.1, -0.05) is 83.4 Å². The number of likely N-dealkylation sites (N-methyl/N-ethyl adjacent to an activating group) is 2. The summed E-state index contributed by atoms with van der Waals surface area (Å²) < 4.78 is 2.09. The fraction of sp³-hybridized carbons (Fsp3) is 0.585. The van der Waals surface area contributed by atoms with E-state index >= 15 is 9.59 Å². The Morgan fingerprint density at radius 2 is 1.43 bits per heavy atom. The van der Waals surface area contributed by atoms with Crippen LogP contribution in [-0.2, 0) is 51.9 Å². The summed E-state index contributed by atoms with van der Waals surface area (Å²) in [6, 6.07) is 0.159. The van der Waals surface area contributed by atoms with Crippen molar-refractivity contribution >= 4 is 63.6 Å². The number of allylic oxidation sites excluding steroid dienone is 1. The number of benzene rings is 1. The van der Waals surface area contributed by atoms with Crippen molar-refractivity contribution < 1.29 is 33.6 Å². The van der Waals surface area contributed by atoms with Crippen molar-refractivity contribution in [3.8, 4) is 0 Å². The van der Waals surface area contributed by atoms with E-state index in [1.54, 1.807) is 11.7 Å². The van der Waals surface area contributed by atoms with Crippen molar-refractivity contribution in [2.24, 2.45) is 17.8 Å². The molecule has 2 bridgehead atoms. The number of nitrogens with zero attached hydrogens (tertiary/aromatic N) is 5. The third-order valence-electron chi connectivity index (χ3n) is 14.3. The van der Waals surface area contributed by atoms with Gasteiger partial charge in [-0.05, 0) is 82.3 Å². The minimum Gasteiger partial charge on any atom is -0.343 e. The summed E-state index contributed by atoms with van der Waals surface area (Å²) >= 11 is 1.31. The van der Waals surface area contributed by atoms with Gasteiger partial charge in [0.25, 0.3) is 0 Å². The van der Waals surface area contributed by atoms with Crippen LogP contribution in [0.25, 0.3) is 10.9 Å². The maximum Gasteiger partial charge on any atom is 0.246 e. The van der Waals surface area contributed by atoms with Crippen LogP contribution in [0.4, 0.5) is 0 Å². The molecule has 16 nitrogen and oxygen atoms in total. The number of thiazole rings is 1. The van der Waals surface area contributed by atoms with Gasteiger partial charge in [0.15, 0.2) is 0 Å². The first-order chi connectivity index (χ1) is 33.2. The highest BCUT2D eigenvalue weighted by molar-refractivity contribution is 7.09. The largest absolute Gasteiger partial charge is 0.343 e. The first-order valence-corrected chi connectivity index (χ1v) is 25.9. The second-order valence-electron chi connectivity index (χ2n) is 21.0. The number of hydrogen-bond acceptors (Lipinski definition) is 9. The lowest BCUT2D eigenvalue weighted by molar-refractivity contribution is -0.150. The first-order valence-electron chi connectivity index (χ1n) is 25.0. The molecule has 4 heterocycles. The van der Waals surface area contributed by atoms with E-state index in [4.69, 9.17) is 0 Å². The number of hydrogen-bond donors (Lipinski definition) is 4. The zero-order chi connectivity index (χ0) is 51.0. The van der Waals surface area contributed by atoms with Crippen LogP contribution >= 0.6 is 11.3 Å². The molecule has 0 spiro atoms. The standard InChI is InChI=1S/C53H75N9O7S/c1-11-53(7,8)62-30-36(38-20-14-15-21-42(38)62)27-41-51(68)60(10)44(24-32(2)3)48(65)57-40(28-37-29-54-31-70-37)46(63)55-34(6)50(67)59(9)43-22-13-12-16-23-61(52(43)69)45(25-33(4)5)49(66)56-39(47(64)58-41)26-35-18-17-19-35/h11-15,20-21,29-35,39-41,43-45H,1,16-19,22-28H2,2-10H3,(H,55,63)(H,56,66)(H,57,65)(H,58,64)/b13-12-/t34-,39-,40-,41-,43-,44-,45-/m0/s1. The Labute approximate surface area is 417 Å². The fourth-order valence-electron chi connectivity index (χ4n) is 9.80. The molecule has 4 N–H and O–H groups in total. The van der Waals surface area contributed by atoms with E-state index < -0.39 is 89.2 Å². The van der Waals surface area contributed by atoms with Crippen molar-refractivity contribution in [1.82, 2.24) is 45.5 Å². The highest BCUT2D eigenvalue weighted by Crippen LogP contribution is 2.32. The molecular formula is C53H75N9O7S. The first kappa shape index (κ1) is 53.5. The predicted octanol–water partition coefficient (Wildman–Crippen LogP) is 5.26. The summed E-state index contributed by atoms with van der Waals surface area (Å²) in [7, 11) is 3.05. The van der Waals surface area contributed by atoms with E-state index in [0.29, 0.717) is 17.7 Å². The van der Waals surface area contributed by atoms with Gasteiger partial charge in [0.2, 0.25) is 41.4 Å². The molecule has 7 amide bonds. The molecule has 2 aromatic heterocycles. The number of aromatic nitrogens is 2. The molecular weight excluding hydrogens is 907 g/mol. The molecule has 1 aromatic carbocycles.